The molecule has 1 aromatic heterocycles. The van der Waals surface area contributed by atoms with Gasteiger partial charge in [-0.3, -0.25) is 0 Å². The molecule has 0 spiro atoms. The summed E-state index contributed by atoms with van der Waals surface area (Å²) in [5.74, 6) is 0. The molecular formula is C13H23NO2. The van der Waals surface area contributed by atoms with Crippen LogP contribution in [0.15, 0.2) is 23.0 Å². The van der Waals surface area contributed by atoms with Gasteiger partial charge in [0.2, 0.25) is 0 Å². The predicted molar refractivity (Wildman–Crippen MR) is 65.1 cm³/mol. The highest BCUT2D eigenvalue weighted by atomic mass is 16.3. The van der Waals surface area contributed by atoms with E-state index in [0.717, 1.165) is 25.9 Å². The summed E-state index contributed by atoms with van der Waals surface area (Å²) >= 11 is 0. The summed E-state index contributed by atoms with van der Waals surface area (Å²) in [6, 6.07) is 1.98. The molecule has 0 saturated heterocycles. The summed E-state index contributed by atoms with van der Waals surface area (Å²) in [6.07, 6.45) is 5.49. The maximum atomic E-state index is 9.51. The van der Waals surface area contributed by atoms with E-state index in [9.17, 15) is 5.11 Å². The molecule has 3 nitrogen and oxygen atoms in total. The zero-order chi connectivity index (χ0) is 12.0. The topological polar surface area (TPSA) is 36.6 Å². The van der Waals surface area contributed by atoms with Gasteiger partial charge < -0.3 is 14.4 Å². The molecule has 0 atom stereocenters. The Hall–Kier alpha value is -0.800. The fourth-order valence-corrected chi connectivity index (χ4v) is 2.07. The van der Waals surface area contributed by atoms with Gasteiger partial charge in [-0.25, -0.2) is 0 Å². The second kappa shape index (κ2) is 6.06. The summed E-state index contributed by atoms with van der Waals surface area (Å²) in [4.78, 5) is 2.24. The number of nitrogens with zero attached hydrogens (tertiary/aromatic N) is 1. The highest BCUT2D eigenvalue weighted by Gasteiger charge is 2.26. The van der Waals surface area contributed by atoms with E-state index in [2.05, 4.69) is 25.8 Å². The molecule has 3 heteroatoms. The van der Waals surface area contributed by atoms with Gasteiger partial charge >= 0.3 is 0 Å². The first-order chi connectivity index (χ1) is 7.65. The van der Waals surface area contributed by atoms with Gasteiger partial charge in [-0.2, -0.15) is 0 Å². The van der Waals surface area contributed by atoms with Crippen LogP contribution >= 0.6 is 0 Å². The zero-order valence-corrected chi connectivity index (χ0v) is 10.6. The average molecular weight is 225 g/mol. The molecule has 0 aliphatic rings. The van der Waals surface area contributed by atoms with Crippen LogP contribution in [0, 0.1) is 5.41 Å². The summed E-state index contributed by atoms with van der Waals surface area (Å²) in [5.41, 5.74) is 1.22. The highest BCUT2D eigenvalue weighted by molar-refractivity contribution is 5.04. The van der Waals surface area contributed by atoms with Gasteiger partial charge in [0.15, 0.2) is 0 Å². The Morgan fingerprint density at radius 1 is 1.38 bits per heavy atom. The number of hydrogen-bond donors (Lipinski definition) is 1. The first-order valence-electron chi connectivity index (χ1n) is 5.96. The van der Waals surface area contributed by atoms with Gasteiger partial charge in [-0.05, 0) is 26.0 Å². The van der Waals surface area contributed by atoms with Crippen LogP contribution in [0.1, 0.15) is 32.3 Å². The second-order valence-electron chi connectivity index (χ2n) is 4.67. The third-order valence-electron chi connectivity index (χ3n) is 3.47. The Morgan fingerprint density at radius 2 is 2.06 bits per heavy atom. The molecule has 16 heavy (non-hydrogen) atoms. The van der Waals surface area contributed by atoms with E-state index in [-0.39, 0.29) is 12.0 Å². The van der Waals surface area contributed by atoms with Crippen LogP contribution in [0.3, 0.4) is 0 Å². The van der Waals surface area contributed by atoms with E-state index < -0.39 is 0 Å². The maximum absolute atomic E-state index is 9.51. The Morgan fingerprint density at radius 3 is 2.50 bits per heavy atom. The molecule has 0 radical (unpaired) electrons. The van der Waals surface area contributed by atoms with Crippen LogP contribution in [0.4, 0.5) is 0 Å². The zero-order valence-electron chi connectivity index (χ0n) is 10.6. The van der Waals surface area contributed by atoms with Crippen molar-refractivity contribution in [3.8, 4) is 0 Å². The minimum atomic E-state index is 0.0402. The SMILES string of the molecule is CCC(CC)(CO)CN(C)Cc1ccoc1. The van der Waals surface area contributed by atoms with Gasteiger partial charge in [0.05, 0.1) is 12.5 Å². The lowest BCUT2D eigenvalue weighted by Gasteiger charge is -2.33. The highest BCUT2D eigenvalue weighted by Crippen LogP contribution is 2.26. The molecule has 1 aromatic rings. The van der Waals surface area contributed by atoms with Gasteiger partial charge in [-0.1, -0.05) is 13.8 Å². The van der Waals surface area contributed by atoms with Crippen molar-refractivity contribution >= 4 is 0 Å². The second-order valence-corrected chi connectivity index (χ2v) is 4.67. The molecule has 1 rings (SSSR count). The van der Waals surface area contributed by atoms with Crippen LogP contribution in [0.2, 0.25) is 0 Å². The van der Waals surface area contributed by atoms with E-state index in [1.54, 1.807) is 12.5 Å². The molecule has 0 bridgehead atoms. The standard InChI is InChI=1S/C13H23NO2/c1-4-13(5-2,11-15)10-14(3)8-12-6-7-16-9-12/h6-7,9,15H,4-5,8,10-11H2,1-3H3. The minimum absolute atomic E-state index is 0.0402. The Labute approximate surface area is 98.1 Å². The molecule has 0 aliphatic carbocycles. The predicted octanol–water partition coefficient (Wildman–Crippen LogP) is 2.51. The average Bonchev–Trinajstić information content (AvgIpc) is 2.79. The van der Waals surface area contributed by atoms with Crippen LogP contribution < -0.4 is 0 Å². The fourth-order valence-electron chi connectivity index (χ4n) is 2.07. The molecule has 0 aliphatic heterocycles. The summed E-state index contributed by atoms with van der Waals surface area (Å²) in [5, 5.41) is 9.51. The normalized spacial score (nSPS) is 12.3. The molecule has 1 N–H and O–H groups in total. The Bertz CT molecular complexity index is 270. The molecule has 0 aromatic carbocycles. The maximum Gasteiger partial charge on any atom is 0.0947 e. The molecule has 0 fully saturated rings. The lowest BCUT2D eigenvalue weighted by molar-refractivity contribution is 0.0730. The van der Waals surface area contributed by atoms with Crippen molar-refractivity contribution in [2.75, 3.05) is 20.2 Å². The third-order valence-corrected chi connectivity index (χ3v) is 3.47. The summed E-state index contributed by atoms with van der Waals surface area (Å²) in [7, 11) is 2.09. The lowest BCUT2D eigenvalue weighted by atomic mass is 9.83. The van der Waals surface area contributed by atoms with E-state index in [4.69, 9.17) is 4.42 Å². The molecule has 92 valence electrons. The number of hydrogen-bond acceptors (Lipinski definition) is 3. The Kier molecular flexibility index (Phi) is 5.03. The largest absolute Gasteiger partial charge is 0.472 e. The van der Waals surface area contributed by atoms with Crippen molar-refractivity contribution in [3.05, 3.63) is 24.2 Å². The van der Waals surface area contributed by atoms with E-state index >= 15 is 0 Å². The first kappa shape index (κ1) is 13.3. The van der Waals surface area contributed by atoms with Crippen LogP contribution in [0.5, 0.6) is 0 Å². The number of rotatable bonds is 7. The van der Waals surface area contributed by atoms with Gasteiger partial charge in [-0.15, -0.1) is 0 Å². The Balaban J connectivity index is 2.51. The fraction of sp³-hybridized carbons (Fsp3) is 0.692. The van der Waals surface area contributed by atoms with Crippen molar-refractivity contribution in [2.24, 2.45) is 5.41 Å². The van der Waals surface area contributed by atoms with E-state index in [1.807, 2.05) is 6.07 Å². The van der Waals surface area contributed by atoms with E-state index in [0.29, 0.717) is 0 Å². The van der Waals surface area contributed by atoms with Crippen molar-refractivity contribution < 1.29 is 9.52 Å². The third kappa shape index (κ3) is 3.35. The molecule has 0 amide bonds. The summed E-state index contributed by atoms with van der Waals surface area (Å²) < 4.78 is 5.05. The first-order valence-corrected chi connectivity index (χ1v) is 5.96. The van der Waals surface area contributed by atoms with Gasteiger partial charge in [0.1, 0.15) is 0 Å². The van der Waals surface area contributed by atoms with Crippen molar-refractivity contribution in [3.63, 3.8) is 0 Å². The smallest absolute Gasteiger partial charge is 0.0947 e. The lowest BCUT2D eigenvalue weighted by Crippen LogP contribution is -2.37. The number of aliphatic hydroxyl groups excluding tert-OH is 1. The van der Waals surface area contributed by atoms with Crippen molar-refractivity contribution in [1.82, 2.24) is 4.90 Å². The van der Waals surface area contributed by atoms with Crippen molar-refractivity contribution in [2.45, 2.75) is 33.2 Å². The van der Waals surface area contributed by atoms with Crippen LogP contribution in [-0.4, -0.2) is 30.2 Å². The monoisotopic (exact) mass is 225 g/mol. The molecule has 1 heterocycles. The summed E-state index contributed by atoms with van der Waals surface area (Å²) in [6.45, 7) is 6.34. The van der Waals surface area contributed by atoms with Gasteiger partial charge in [0, 0.05) is 30.7 Å². The molecule has 0 unspecified atom stereocenters. The van der Waals surface area contributed by atoms with Crippen LogP contribution in [0.25, 0.3) is 0 Å². The number of furan rings is 1. The molecule has 0 saturated carbocycles. The molecular weight excluding hydrogens is 202 g/mol. The van der Waals surface area contributed by atoms with Gasteiger partial charge in [0.25, 0.3) is 0 Å². The van der Waals surface area contributed by atoms with Crippen LogP contribution in [-0.2, 0) is 6.54 Å². The number of aliphatic hydroxyl groups is 1. The van der Waals surface area contributed by atoms with E-state index in [1.165, 1.54) is 5.56 Å². The van der Waals surface area contributed by atoms with Crippen molar-refractivity contribution in [1.29, 1.82) is 0 Å². The quantitative estimate of drug-likeness (QED) is 0.774. The minimum Gasteiger partial charge on any atom is -0.472 e.